The zero-order valence-electron chi connectivity index (χ0n) is 24.9. The van der Waals surface area contributed by atoms with Gasteiger partial charge in [0.1, 0.15) is 0 Å². The summed E-state index contributed by atoms with van der Waals surface area (Å²) in [6, 6.07) is 29.5. The van der Waals surface area contributed by atoms with Crippen molar-refractivity contribution < 1.29 is 14.7 Å². The molecule has 1 heterocycles. The lowest BCUT2D eigenvalue weighted by Gasteiger charge is -2.32. The molecule has 0 aliphatic heterocycles. The number of carbonyl (C=O) groups is 2. The van der Waals surface area contributed by atoms with Crippen molar-refractivity contribution in [3.63, 3.8) is 0 Å². The van der Waals surface area contributed by atoms with Crippen LogP contribution in [0.15, 0.2) is 91.0 Å². The molecule has 1 aromatic heterocycles. The molecule has 0 atom stereocenters. The molecule has 1 fully saturated rings. The number of rotatable bonds is 8. The maximum atomic E-state index is 13.8. The van der Waals surface area contributed by atoms with E-state index in [-0.39, 0.29) is 17.0 Å². The molecule has 6 rings (SSSR count). The summed E-state index contributed by atoms with van der Waals surface area (Å²) < 4.78 is 1.94. The number of nitrogens with one attached hydrogen (secondary N) is 1. The number of aromatic nitrogens is 2. The van der Waals surface area contributed by atoms with E-state index in [4.69, 9.17) is 5.10 Å². The van der Waals surface area contributed by atoms with Crippen molar-refractivity contribution in [2.75, 3.05) is 0 Å². The van der Waals surface area contributed by atoms with E-state index in [0.29, 0.717) is 23.6 Å². The van der Waals surface area contributed by atoms with Gasteiger partial charge in [-0.15, -0.1) is 0 Å². The number of amides is 1. The van der Waals surface area contributed by atoms with Crippen molar-refractivity contribution in [1.82, 2.24) is 15.1 Å². The van der Waals surface area contributed by atoms with Gasteiger partial charge in [-0.25, -0.2) is 4.79 Å². The highest BCUT2D eigenvalue weighted by Crippen LogP contribution is 2.40. The average Bonchev–Trinajstić information content (AvgIpc) is 3.62. The van der Waals surface area contributed by atoms with Gasteiger partial charge in [0.05, 0.1) is 28.9 Å². The summed E-state index contributed by atoms with van der Waals surface area (Å²) in [5, 5.41) is 18.9. The van der Waals surface area contributed by atoms with Gasteiger partial charge >= 0.3 is 5.97 Å². The van der Waals surface area contributed by atoms with Crippen molar-refractivity contribution in [2.45, 2.75) is 64.5 Å². The summed E-state index contributed by atoms with van der Waals surface area (Å²) in [7, 11) is 0. The van der Waals surface area contributed by atoms with Gasteiger partial charge in [-0.05, 0) is 71.7 Å². The van der Waals surface area contributed by atoms with E-state index >= 15 is 0 Å². The number of nitrogens with zero attached hydrogens (tertiary/aromatic N) is 2. The highest BCUT2D eigenvalue weighted by atomic mass is 16.4. The van der Waals surface area contributed by atoms with Crippen LogP contribution in [0.4, 0.5) is 0 Å². The molecule has 43 heavy (non-hydrogen) atoms. The number of aryl methyl sites for hydroxylation is 1. The second-order valence-electron chi connectivity index (χ2n) is 12.0. The molecule has 1 saturated carbocycles. The van der Waals surface area contributed by atoms with E-state index in [2.05, 4.69) is 43.4 Å². The minimum absolute atomic E-state index is 0.0643. The number of fused-ring (bicyclic) bond motifs is 1. The van der Waals surface area contributed by atoms with Crippen molar-refractivity contribution in [2.24, 2.45) is 0 Å². The van der Waals surface area contributed by atoms with Crippen LogP contribution < -0.4 is 5.32 Å². The highest BCUT2D eigenvalue weighted by molar-refractivity contribution is 5.99. The molecule has 0 bridgehead atoms. The van der Waals surface area contributed by atoms with Crippen molar-refractivity contribution in [1.29, 1.82) is 0 Å². The third kappa shape index (κ3) is 5.57. The minimum atomic E-state index is -0.944. The Morgan fingerprint density at radius 3 is 2.40 bits per heavy atom. The maximum absolute atomic E-state index is 13.8. The Kier molecular flexibility index (Phi) is 7.61. The first kappa shape index (κ1) is 28.4. The number of carbonyl (C=O) groups excluding carboxylic acids is 1. The van der Waals surface area contributed by atoms with Crippen molar-refractivity contribution in [3.8, 4) is 11.1 Å². The van der Waals surface area contributed by atoms with E-state index in [1.807, 2.05) is 66.2 Å². The normalized spacial score (nSPS) is 14.3. The van der Waals surface area contributed by atoms with Crippen LogP contribution in [-0.4, -0.2) is 26.8 Å². The molecular formula is C37H37N3O3. The first-order valence-electron chi connectivity index (χ1n) is 15.1. The van der Waals surface area contributed by atoms with Gasteiger partial charge in [-0.3, -0.25) is 9.48 Å². The summed E-state index contributed by atoms with van der Waals surface area (Å²) in [5.41, 5.74) is 7.43. The number of carboxylic acid groups (broad SMARTS) is 1. The fourth-order valence-electron chi connectivity index (χ4n) is 6.44. The Labute approximate surface area is 252 Å². The zero-order valence-corrected chi connectivity index (χ0v) is 24.9. The molecule has 0 unspecified atom stereocenters. The SMILES string of the molecule is Cc1nn(Cc2ccc(-c3ccccc3C(=O)O)cc2)c2cc(C(=O)NC3(c4cccc(C(C)C)c4)CCCC3)ccc12. The summed E-state index contributed by atoms with van der Waals surface area (Å²) in [6.45, 7) is 6.92. The Hall–Kier alpha value is -4.71. The molecule has 218 valence electrons. The molecule has 5 aromatic rings. The fourth-order valence-corrected chi connectivity index (χ4v) is 6.44. The van der Waals surface area contributed by atoms with Gasteiger partial charge in [0.2, 0.25) is 0 Å². The van der Waals surface area contributed by atoms with E-state index in [0.717, 1.165) is 53.4 Å². The fraction of sp³-hybridized carbons (Fsp3) is 0.270. The molecule has 6 heteroatoms. The summed E-state index contributed by atoms with van der Waals surface area (Å²) in [4.78, 5) is 25.5. The van der Waals surface area contributed by atoms with Crippen LogP contribution in [0, 0.1) is 6.92 Å². The number of benzene rings is 4. The van der Waals surface area contributed by atoms with Crippen LogP contribution in [0.1, 0.15) is 88.5 Å². The number of aromatic carboxylic acids is 1. The van der Waals surface area contributed by atoms with Gasteiger partial charge < -0.3 is 10.4 Å². The smallest absolute Gasteiger partial charge is 0.336 e. The van der Waals surface area contributed by atoms with Gasteiger partial charge in [0.25, 0.3) is 5.91 Å². The van der Waals surface area contributed by atoms with Crippen LogP contribution in [-0.2, 0) is 12.1 Å². The highest BCUT2D eigenvalue weighted by Gasteiger charge is 2.37. The van der Waals surface area contributed by atoms with E-state index in [1.54, 1.807) is 12.1 Å². The predicted molar refractivity (Wildman–Crippen MR) is 171 cm³/mol. The monoisotopic (exact) mass is 571 g/mol. The lowest BCUT2D eigenvalue weighted by molar-refractivity contribution is 0.0697. The van der Waals surface area contributed by atoms with Gasteiger partial charge in [-0.1, -0.05) is 99.5 Å². The number of hydrogen-bond donors (Lipinski definition) is 2. The largest absolute Gasteiger partial charge is 0.478 e. The van der Waals surface area contributed by atoms with Crippen LogP contribution in [0.3, 0.4) is 0 Å². The zero-order chi connectivity index (χ0) is 30.1. The molecule has 1 amide bonds. The summed E-state index contributed by atoms with van der Waals surface area (Å²) in [5.74, 6) is -0.580. The summed E-state index contributed by atoms with van der Waals surface area (Å²) in [6.07, 6.45) is 4.06. The van der Waals surface area contributed by atoms with E-state index < -0.39 is 5.97 Å². The lowest BCUT2D eigenvalue weighted by atomic mass is 9.85. The number of hydrogen-bond acceptors (Lipinski definition) is 3. The first-order valence-corrected chi connectivity index (χ1v) is 15.1. The number of carboxylic acids is 1. The second kappa shape index (κ2) is 11.5. The molecule has 0 spiro atoms. The van der Waals surface area contributed by atoms with E-state index in [1.165, 1.54) is 11.1 Å². The van der Waals surface area contributed by atoms with Crippen molar-refractivity contribution >= 4 is 22.8 Å². The van der Waals surface area contributed by atoms with Crippen LogP contribution in [0.25, 0.3) is 22.0 Å². The van der Waals surface area contributed by atoms with Crippen LogP contribution in [0.2, 0.25) is 0 Å². The standard InChI is InChI=1S/C37H37N3O3/c1-24(2)28-9-8-10-30(21-28)37(19-6-7-20-37)38-35(41)29-17-18-31-25(3)39-40(34(31)22-29)23-26-13-15-27(16-14-26)32-11-4-5-12-33(32)36(42)43/h4-5,8-18,21-22,24H,6-7,19-20,23H2,1-3H3,(H,38,41)(H,42,43). The molecule has 0 radical (unpaired) electrons. The van der Waals surface area contributed by atoms with Gasteiger partial charge in [-0.2, -0.15) is 5.10 Å². The molecule has 6 nitrogen and oxygen atoms in total. The predicted octanol–water partition coefficient (Wildman–Crippen LogP) is 8.08. The topological polar surface area (TPSA) is 84.2 Å². The minimum Gasteiger partial charge on any atom is -0.478 e. The third-order valence-electron chi connectivity index (χ3n) is 8.87. The van der Waals surface area contributed by atoms with Gasteiger partial charge in [0, 0.05) is 10.9 Å². The van der Waals surface area contributed by atoms with Gasteiger partial charge in [0.15, 0.2) is 0 Å². The molecule has 4 aromatic carbocycles. The van der Waals surface area contributed by atoms with Crippen LogP contribution >= 0.6 is 0 Å². The third-order valence-corrected chi connectivity index (χ3v) is 8.87. The first-order chi connectivity index (χ1) is 20.7. The molecule has 1 aliphatic carbocycles. The Morgan fingerprint density at radius 2 is 1.67 bits per heavy atom. The summed E-state index contributed by atoms with van der Waals surface area (Å²) >= 11 is 0. The maximum Gasteiger partial charge on any atom is 0.336 e. The quantitative estimate of drug-likeness (QED) is 0.197. The Balaban J connectivity index is 1.27. The molecule has 0 saturated heterocycles. The molecular weight excluding hydrogens is 534 g/mol. The lowest BCUT2D eigenvalue weighted by Crippen LogP contribution is -2.43. The second-order valence-corrected chi connectivity index (χ2v) is 12.0. The Bertz CT molecular complexity index is 1810. The van der Waals surface area contributed by atoms with E-state index in [9.17, 15) is 14.7 Å². The van der Waals surface area contributed by atoms with Crippen LogP contribution in [0.5, 0.6) is 0 Å². The molecule has 1 aliphatic rings. The molecule has 2 N–H and O–H groups in total. The van der Waals surface area contributed by atoms with Crippen molar-refractivity contribution in [3.05, 3.63) is 125 Å². The average molecular weight is 572 g/mol. The Morgan fingerprint density at radius 1 is 0.930 bits per heavy atom.